The summed E-state index contributed by atoms with van der Waals surface area (Å²) in [6.45, 7) is 10.7. The molecular weight excluding hydrogens is 146 g/mol. The number of hydrogen-bond donors (Lipinski definition) is 0. The maximum atomic E-state index is 2.54. The molecule has 0 aliphatic carbocycles. The van der Waals surface area contributed by atoms with Gasteiger partial charge in [-0.1, -0.05) is 27.7 Å². The van der Waals surface area contributed by atoms with Crippen LogP contribution in [0.2, 0.25) is 0 Å². The van der Waals surface area contributed by atoms with Crippen molar-refractivity contribution in [3.63, 3.8) is 0 Å². The first-order valence-corrected chi connectivity index (χ1v) is 5.22. The zero-order chi connectivity index (χ0) is 9.30. The first-order chi connectivity index (χ1) is 5.52. The molecule has 0 aromatic rings. The average Bonchev–Trinajstić information content (AvgIpc) is 2.30. The summed E-state index contributed by atoms with van der Waals surface area (Å²) in [5.74, 6) is 2.61. The molecule has 2 atom stereocenters. The highest BCUT2D eigenvalue weighted by molar-refractivity contribution is 4.86. The highest BCUT2D eigenvalue weighted by atomic mass is 15.2. The number of nitrogens with zero attached hydrogens (tertiary/aromatic N) is 1. The van der Waals surface area contributed by atoms with E-state index in [-0.39, 0.29) is 0 Å². The van der Waals surface area contributed by atoms with E-state index in [1.807, 2.05) is 0 Å². The number of likely N-dealkylation sites (tertiary alicyclic amines) is 1. The normalized spacial score (nSPS) is 32.2. The van der Waals surface area contributed by atoms with Gasteiger partial charge in [0, 0.05) is 12.6 Å². The molecule has 72 valence electrons. The third kappa shape index (κ3) is 2.01. The molecule has 1 saturated heterocycles. The SMILES string of the molecule is CC(C)C1CC(C(C)C)N(C)C1. The Labute approximate surface area is 77.1 Å². The van der Waals surface area contributed by atoms with Crippen LogP contribution < -0.4 is 0 Å². The lowest BCUT2D eigenvalue weighted by molar-refractivity contribution is 0.249. The van der Waals surface area contributed by atoms with Crippen molar-refractivity contribution >= 4 is 0 Å². The first-order valence-electron chi connectivity index (χ1n) is 5.22. The van der Waals surface area contributed by atoms with E-state index in [4.69, 9.17) is 0 Å². The van der Waals surface area contributed by atoms with Crippen LogP contribution in [0.15, 0.2) is 0 Å². The first kappa shape index (κ1) is 10.0. The Morgan fingerprint density at radius 2 is 1.67 bits per heavy atom. The Kier molecular flexibility index (Phi) is 3.16. The van der Waals surface area contributed by atoms with Gasteiger partial charge in [-0.25, -0.2) is 0 Å². The van der Waals surface area contributed by atoms with E-state index in [1.165, 1.54) is 13.0 Å². The zero-order valence-corrected chi connectivity index (χ0v) is 9.17. The predicted molar refractivity (Wildman–Crippen MR) is 54.2 cm³/mol. The molecule has 1 nitrogen and oxygen atoms in total. The second-order valence-corrected chi connectivity index (χ2v) is 4.99. The van der Waals surface area contributed by atoms with Crippen LogP contribution >= 0.6 is 0 Å². The lowest BCUT2D eigenvalue weighted by Crippen LogP contribution is -2.29. The van der Waals surface area contributed by atoms with Gasteiger partial charge in [-0.3, -0.25) is 0 Å². The van der Waals surface area contributed by atoms with E-state index in [0.717, 1.165) is 23.8 Å². The molecule has 1 rings (SSSR count). The van der Waals surface area contributed by atoms with Crippen molar-refractivity contribution in [1.82, 2.24) is 4.90 Å². The van der Waals surface area contributed by atoms with Crippen LogP contribution in [0.4, 0.5) is 0 Å². The molecule has 2 unspecified atom stereocenters. The highest BCUT2D eigenvalue weighted by Crippen LogP contribution is 2.31. The van der Waals surface area contributed by atoms with Gasteiger partial charge < -0.3 is 4.90 Å². The Bertz CT molecular complexity index is 140. The summed E-state index contributed by atoms with van der Waals surface area (Å²) in [5, 5.41) is 0. The van der Waals surface area contributed by atoms with Crippen molar-refractivity contribution in [2.24, 2.45) is 17.8 Å². The number of hydrogen-bond acceptors (Lipinski definition) is 1. The highest BCUT2D eigenvalue weighted by Gasteiger charge is 2.32. The molecule has 1 fully saturated rings. The van der Waals surface area contributed by atoms with Gasteiger partial charge in [0.15, 0.2) is 0 Å². The van der Waals surface area contributed by atoms with E-state index in [0.29, 0.717) is 0 Å². The summed E-state index contributed by atoms with van der Waals surface area (Å²) in [6.07, 6.45) is 1.41. The van der Waals surface area contributed by atoms with E-state index in [2.05, 4.69) is 39.6 Å². The van der Waals surface area contributed by atoms with Gasteiger partial charge in [0.2, 0.25) is 0 Å². The molecule has 0 N–H and O–H groups in total. The van der Waals surface area contributed by atoms with Gasteiger partial charge in [-0.05, 0) is 31.2 Å². The Hall–Kier alpha value is -0.0400. The van der Waals surface area contributed by atoms with Gasteiger partial charge in [-0.2, -0.15) is 0 Å². The molecular formula is C11H23N. The van der Waals surface area contributed by atoms with Crippen LogP contribution in [-0.2, 0) is 0 Å². The fraction of sp³-hybridized carbons (Fsp3) is 1.00. The maximum absolute atomic E-state index is 2.54. The standard InChI is InChI=1S/C11H23N/c1-8(2)10-6-11(9(3)4)12(5)7-10/h8-11H,6-7H2,1-5H3. The third-order valence-electron chi connectivity index (χ3n) is 3.35. The van der Waals surface area contributed by atoms with E-state index in [1.54, 1.807) is 0 Å². The van der Waals surface area contributed by atoms with Gasteiger partial charge in [-0.15, -0.1) is 0 Å². The second-order valence-electron chi connectivity index (χ2n) is 4.99. The van der Waals surface area contributed by atoms with E-state index >= 15 is 0 Å². The lowest BCUT2D eigenvalue weighted by Gasteiger charge is -2.22. The minimum Gasteiger partial charge on any atom is -0.303 e. The average molecular weight is 169 g/mol. The smallest absolute Gasteiger partial charge is 0.0118 e. The van der Waals surface area contributed by atoms with E-state index in [9.17, 15) is 0 Å². The van der Waals surface area contributed by atoms with Crippen molar-refractivity contribution < 1.29 is 0 Å². The van der Waals surface area contributed by atoms with Crippen molar-refractivity contribution in [3.8, 4) is 0 Å². The molecule has 0 bridgehead atoms. The predicted octanol–water partition coefficient (Wildman–Crippen LogP) is 2.62. The molecule has 0 amide bonds. The molecule has 0 saturated carbocycles. The van der Waals surface area contributed by atoms with Crippen molar-refractivity contribution in [1.29, 1.82) is 0 Å². The Morgan fingerprint density at radius 3 is 1.92 bits per heavy atom. The van der Waals surface area contributed by atoms with Crippen molar-refractivity contribution in [3.05, 3.63) is 0 Å². The summed E-state index contributed by atoms with van der Waals surface area (Å²) >= 11 is 0. The minimum atomic E-state index is 0.818. The Balaban J connectivity index is 2.50. The fourth-order valence-corrected chi connectivity index (χ4v) is 2.33. The van der Waals surface area contributed by atoms with Crippen LogP contribution in [0.25, 0.3) is 0 Å². The van der Waals surface area contributed by atoms with Gasteiger partial charge in [0.1, 0.15) is 0 Å². The van der Waals surface area contributed by atoms with Gasteiger partial charge in [0.25, 0.3) is 0 Å². The van der Waals surface area contributed by atoms with Crippen LogP contribution in [-0.4, -0.2) is 24.5 Å². The Morgan fingerprint density at radius 1 is 1.08 bits per heavy atom. The largest absolute Gasteiger partial charge is 0.303 e. The molecule has 0 aromatic carbocycles. The maximum Gasteiger partial charge on any atom is 0.0118 e. The summed E-state index contributed by atoms with van der Waals surface area (Å²) in [7, 11) is 2.27. The molecule has 1 aliphatic rings. The second kappa shape index (κ2) is 3.78. The summed E-state index contributed by atoms with van der Waals surface area (Å²) in [6, 6.07) is 0.831. The van der Waals surface area contributed by atoms with Crippen molar-refractivity contribution in [2.75, 3.05) is 13.6 Å². The van der Waals surface area contributed by atoms with Gasteiger partial charge in [0.05, 0.1) is 0 Å². The third-order valence-corrected chi connectivity index (χ3v) is 3.35. The van der Waals surface area contributed by atoms with Crippen LogP contribution in [0.1, 0.15) is 34.1 Å². The van der Waals surface area contributed by atoms with Gasteiger partial charge >= 0.3 is 0 Å². The molecule has 1 heterocycles. The lowest BCUT2D eigenvalue weighted by atomic mass is 9.90. The molecule has 0 spiro atoms. The molecule has 0 aromatic heterocycles. The van der Waals surface area contributed by atoms with Crippen LogP contribution in [0.3, 0.4) is 0 Å². The minimum absolute atomic E-state index is 0.818. The topological polar surface area (TPSA) is 3.24 Å². The zero-order valence-electron chi connectivity index (χ0n) is 9.17. The number of rotatable bonds is 2. The molecule has 12 heavy (non-hydrogen) atoms. The summed E-state index contributed by atoms with van der Waals surface area (Å²) < 4.78 is 0. The quantitative estimate of drug-likeness (QED) is 0.614. The van der Waals surface area contributed by atoms with E-state index < -0.39 is 0 Å². The summed E-state index contributed by atoms with van der Waals surface area (Å²) in [4.78, 5) is 2.54. The molecule has 0 radical (unpaired) electrons. The van der Waals surface area contributed by atoms with Crippen LogP contribution in [0, 0.1) is 17.8 Å². The van der Waals surface area contributed by atoms with Crippen molar-refractivity contribution in [2.45, 2.75) is 40.2 Å². The molecule has 1 heteroatoms. The monoisotopic (exact) mass is 169 g/mol. The van der Waals surface area contributed by atoms with Crippen LogP contribution in [0.5, 0.6) is 0 Å². The molecule has 1 aliphatic heterocycles. The summed E-state index contributed by atoms with van der Waals surface area (Å²) in [5.41, 5.74) is 0. The fourth-order valence-electron chi connectivity index (χ4n) is 2.33.